The number of anilines is 1. The molecule has 1 saturated heterocycles. The molecule has 0 spiro atoms. The van der Waals surface area contributed by atoms with E-state index < -0.39 is 16.1 Å². The third kappa shape index (κ3) is 3.05. The van der Waals surface area contributed by atoms with Crippen LogP contribution < -0.4 is 10.1 Å². The van der Waals surface area contributed by atoms with Gasteiger partial charge in [-0.2, -0.15) is 4.31 Å². The quantitative estimate of drug-likeness (QED) is 0.832. The van der Waals surface area contributed by atoms with Crippen molar-refractivity contribution in [2.45, 2.75) is 30.8 Å². The Hall–Kier alpha value is -2.13. The van der Waals surface area contributed by atoms with Gasteiger partial charge in [-0.15, -0.1) is 0 Å². The second kappa shape index (κ2) is 6.24. The zero-order chi connectivity index (χ0) is 18.5. The number of fused-ring (bicyclic) bond motifs is 1. The molecule has 0 aromatic heterocycles. The molecule has 3 aliphatic rings. The van der Waals surface area contributed by atoms with Gasteiger partial charge in [-0.25, -0.2) is 8.42 Å². The van der Waals surface area contributed by atoms with Gasteiger partial charge in [0.05, 0.1) is 10.6 Å². The van der Waals surface area contributed by atoms with E-state index >= 15 is 0 Å². The lowest BCUT2D eigenvalue weighted by Crippen LogP contribution is -2.50. The van der Waals surface area contributed by atoms with E-state index in [-0.39, 0.29) is 35.7 Å². The van der Waals surface area contributed by atoms with E-state index in [2.05, 4.69) is 5.32 Å². The zero-order valence-electron chi connectivity index (χ0n) is 14.5. The first kappa shape index (κ1) is 17.3. The maximum absolute atomic E-state index is 12.9. The minimum absolute atomic E-state index is 0.108. The first-order chi connectivity index (χ1) is 12.4. The Morgan fingerprint density at radius 1 is 1.19 bits per heavy atom. The van der Waals surface area contributed by atoms with E-state index in [1.807, 2.05) is 0 Å². The van der Waals surface area contributed by atoms with E-state index in [1.54, 1.807) is 17.9 Å². The first-order valence-electron chi connectivity index (χ1n) is 8.77. The van der Waals surface area contributed by atoms with Gasteiger partial charge in [0.15, 0.2) is 6.10 Å². The maximum atomic E-state index is 12.9. The summed E-state index contributed by atoms with van der Waals surface area (Å²) in [7, 11) is -3.69. The molecule has 9 heteroatoms. The Balaban J connectivity index is 1.50. The van der Waals surface area contributed by atoms with Crippen LogP contribution in [0.3, 0.4) is 0 Å². The average Bonchev–Trinajstić information content (AvgIpc) is 3.47. The van der Waals surface area contributed by atoms with Crippen molar-refractivity contribution in [3.8, 4) is 5.75 Å². The SMILES string of the molecule is CC1Oc2ccc(S(=O)(=O)N3CCN(C(=O)C4CC4)CC3)cc2NC1=O. The van der Waals surface area contributed by atoms with E-state index in [4.69, 9.17) is 4.74 Å². The number of sulfonamides is 1. The van der Waals surface area contributed by atoms with Gasteiger partial charge in [0.1, 0.15) is 5.75 Å². The highest BCUT2D eigenvalue weighted by Gasteiger charge is 2.37. The highest BCUT2D eigenvalue weighted by atomic mass is 32.2. The van der Waals surface area contributed by atoms with Crippen LogP contribution in [0, 0.1) is 5.92 Å². The Bertz CT molecular complexity index is 857. The van der Waals surface area contributed by atoms with Gasteiger partial charge in [0.2, 0.25) is 15.9 Å². The molecule has 8 nitrogen and oxygen atoms in total. The van der Waals surface area contributed by atoms with Crippen LogP contribution in [0.5, 0.6) is 5.75 Å². The number of ether oxygens (including phenoxy) is 1. The average molecular weight is 379 g/mol. The summed E-state index contributed by atoms with van der Waals surface area (Å²) in [5.41, 5.74) is 0.358. The fourth-order valence-corrected chi connectivity index (χ4v) is 4.68. The Morgan fingerprint density at radius 2 is 1.88 bits per heavy atom. The summed E-state index contributed by atoms with van der Waals surface area (Å²) in [6.45, 7) is 3.01. The predicted octanol–water partition coefficient (Wildman–Crippen LogP) is 0.649. The summed E-state index contributed by atoms with van der Waals surface area (Å²) in [6, 6.07) is 4.47. The highest BCUT2D eigenvalue weighted by molar-refractivity contribution is 7.89. The number of piperazine rings is 1. The molecule has 1 aromatic rings. The van der Waals surface area contributed by atoms with Gasteiger partial charge in [-0.05, 0) is 38.0 Å². The molecule has 2 heterocycles. The molecule has 2 aliphatic heterocycles. The lowest BCUT2D eigenvalue weighted by Gasteiger charge is -2.34. The summed E-state index contributed by atoms with van der Waals surface area (Å²) < 4.78 is 32.7. The van der Waals surface area contributed by atoms with Crippen molar-refractivity contribution in [2.75, 3.05) is 31.5 Å². The second-order valence-electron chi connectivity index (χ2n) is 6.91. The summed E-state index contributed by atoms with van der Waals surface area (Å²) in [6.07, 6.45) is 1.28. The van der Waals surface area contributed by atoms with Crippen molar-refractivity contribution in [1.82, 2.24) is 9.21 Å². The van der Waals surface area contributed by atoms with Crippen molar-refractivity contribution in [2.24, 2.45) is 5.92 Å². The molecule has 1 unspecified atom stereocenters. The van der Waals surface area contributed by atoms with Crippen LogP contribution in [-0.2, 0) is 19.6 Å². The van der Waals surface area contributed by atoms with Crippen LogP contribution >= 0.6 is 0 Å². The summed E-state index contributed by atoms with van der Waals surface area (Å²) in [5, 5.41) is 2.67. The minimum atomic E-state index is -3.69. The van der Waals surface area contributed by atoms with E-state index in [0.717, 1.165) is 12.8 Å². The van der Waals surface area contributed by atoms with E-state index in [1.165, 1.54) is 16.4 Å². The lowest BCUT2D eigenvalue weighted by molar-refractivity contribution is -0.133. The summed E-state index contributed by atoms with van der Waals surface area (Å²) in [5.74, 6) is 0.435. The number of benzene rings is 1. The number of carbonyl (C=O) groups is 2. The van der Waals surface area contributed by atoms with Crippen LogP contribution in [0.2, 0.25) is 0 Å². The van der Waals surface area contributed by atoms with Gasteiger partial charge >= 0.3 is 0 Å². The van der Waals surface area contributed by atoms with Gasteiger partial charge in [0.25, 0.3) is 5.91 Å². The van der Waals surface area contributed by atoms with Crippen molar-refractivity contribution in [3.05, 3.63) is 18.2 Å². The Labute approximate surface area is 152 Å². The van der Waals surface area contributed by atoms with Crippen LogP contribution in [0.15, 0.2) is 23.1 Å². The number of nitrogens with one attached hydrogen (secondary N) is 1. The molecule has 140 valence electrons. The molecule has 26 heavy (non-hydrogen) atoms. The predicted molar refractivity (Wildman–Crippen MR) is 93.2 cm³/mol. The molecule has 0 radical (unpaired) electrons. The molecule has 1 aromatic carbocycles. The molecule has 1 atom stereocenters. The van der Waals surface area contributed by atoms with Crippen LogP contribution in [0.25, 0.3) is 0 Å². The van der Waals surface area contributed by atoms with Crippen molar-refractivity contribution in [1.29, 1.82) is 0 Å². The normalized spacial score (nSPS) is 23.8. The zero-order valence-corrected chi connectivity index (χ0v) is 15.3. The lowest BCUT2D eigenvalue weighted by atomic mass is 10.2. The summed E-state index contributed by atoms with van der Waals surface area (Å²) in [4.78, 5) is 25.7. The topological polar surface area (TPSA) is 96.0 Å². The molecule has 2 fully saturated rings. The van der Waals surface area contributed by atoms with Gasteiger partial charge in [-0.1, -0.05) is 0 Å². The number of hydrogen-bond donors (Lipinski definition) is 1. The Morgan fingerprint density at radius 3 is 2.54 bits per heavy atom. The number of rotatable bonds is 3. The largest absolute Gasteiger partial charge is 0.479 e. The molecule has 1 saturated carbocycles. The number of hydrogen-bond acceptors (Lipinski definition) is 5. The third-order valence-electron chi connectivity index (χ3n) is 5.00. The standard InChI is InChI=1S/C17H21N3O5S/c1-11-16(21)18-14-10-13(4-5-15(14)25-11)26(23,24)20-8-6-19(7-9-20)17(22)12-2-3-12/h4-5,10-12H,2-3,6-9H2,1H3,(H,18,21). The fraction of sp³-hybridized carbons (Fsp3) is 0.529. The van der Waals surface area contributed by atoms with Crippen molar-refractivity contribution >= 4 is 27.5 Å². The number of carbonyl (C=O) groups excluding carboxylic acids is 2. The monoisotopic (exact) mass is 379 g/mol. The van der Waals surface area contributed by atoms with Gasteiger partial charge in [-0.3, -0.25) is 9.59 Å². The number of amides is 2. The number of nitrogens with zero attached hydrogens (tertiary/aromatic N) is 2. The van der Waals surface area contributed by atoms with Crippen molar-refractivity contribution < 1.29 is 22.7 Å². The first-order valence-corrected chi connectivity index (χ1v) is 10.2. The molecular formula is C17H21N3O5S. The van der Waals surface area contributed by atoms with E-state index in [9.17, 15) is 18.0 Å². The molecule has 0 bridgehead atoms. The van der Waals surface area contributed by atoms with Gasteiger partial charge < -0.3 is 15.0 Å². The van der Waals surface area contributed by atoms with Crippen LogP contribution in [-0.4, -0.2) is 61.7 Å². The molecular weight excluding hydrogens is 358 g/mol. The van der Waals surface area contributed by atoms with Gasteiger partial charge in [0, 0.05) is 32.1 Å². The van der Waals surface area contributed by atoms with Crippen molar-refractivity contribution in [3.63, 3.8) is 0 Å². The van der Waals surface area contributed by atoms with Crippen LogP contribution in [0.4, 0.5) is 5.69 Å². The molecule has 1 aliphatic carbocycles. The second-order valence-corrected chi connectivity index (χ2v) is 8.85. The third-order valence-corrected chi connectivity index (χ3v) is 6.89. The molecule has 4 rings (SSSR count). The maximum Gasteiger partial charge on any atom is 0.265 e. The Kier molecular flexibility index (Phi) is 4.15. The molecule has 2 amide bonds. The molecule has 1 N–H and O–H groups in total. The highest BCUT2D eigenvalue weighted by Crippen LogP contribution is 2.34. The fourth-order valence-electron chi connectivity index (χ4n) is 3.23. The smallest absolute Gasteiger partial charge is 0.265 e. The minimum Gasteiger partial charge on any atom is -0.479 e. The summed E-state index contributed by atoms with van der Waals surface area (Å²) >= 11 is 0. The van der Waals surface area contributed by atoms with E-state index in [0.29, 0.717) is 24.5 Å². The van der Waals surface area contributed by atoms with Crippen LogP contribution in [0.1, 0.15) is 19.8 Å².